The molecule has 0 aliphatic heterocycles. The van der Waals surface area contributed by atoms with Gasteiger partial charge >= 0.3 is 0 Å². The third-order valence-electron chi connectivity index (χ3n) is 7.98. The second-order valence-corrected chi connectivity index (χ2v) is 13.6. The molecule has 0 fully saturated rings. The van der Waals surface area contributed by atoms with Crippen LogP contribution in [0.5, 0.6) is 0 Å². The third kappa shape index (κ3) is 7.59. The Morgan fingerprint density at radius 1 is 0.476 bits per heavy atom. The molecule has 0 atom stereocenters. The smallest absolute Gasteiger partial charge is 0.177 e. The van der Waals surface area contributed by atoms with Crippen LogP contribution in [0, 0.1) is 0 Å². The number of benzene rings is 2. The molecular formula is C37H53N5. The highest BCUT2D eigenvalue weighted by atomic mass is 15.0. The predicted molar refractivity (Wildman–Crippen MR) is 181 cm³/mol. The molecule has 0 aliphatic carbocycles. The van der Waals surface area contributed by atoms with Crippen LogP contribution >= 0.6 is 0 Å². The first kappa shape index (κ1) is 33.3. The van der Waals surface area contributed by atoms with E-state index in [9.17, 15) is 0 Å². The van der Waals surface area contributed by atoms with E-state index in [1.54, 1.807) is 6.33 Å². The fourth-order valence-corrected chi connectivity index (χ4v) is 5.17. The van der Waals surface area contributed by atoms with Crippen molar-refractivity contribution >= 4 is 22.8 Å². The number of hydrogen-bond donors (Lipinski definition) is 0. The Bertz CT molecular complexity index is 1290. The third-order valence-corrected chi connectivity index (χ3v) is 7.98. The summed E-state index contributed by atoms with van der Waals surface area (Å²) in [6.45, 7) is 30.9. The highest BCUT2D eigenvalue weighted by Gasteiger charge is 2.20. The Labute approximate surface area is 255 Å². The van der Waals surface area contributed by atoms with Gasteiger partial charge in [0.25, 0.3) is 0 Å². The summed E-state index contributed by atoms with van der Waals surface area (Å²) in [4.78, 5) is 24.3. The Balaban J connectivity index is 2.15. The summed E-state index contributed by atoms with van der Waals surface area (Å²) in [7, 11) is 0. The van der Waals surface area contributed by atoms with Gasteiger partial charge in [-0.2, -0.15) is 0 Å². The van der Waals surface area contributed by atoms with E-state index >= 15 is 0 Å². The Hall–Kier alpha value is -3.21. The number of hydrogen-bond acceptors (Lipinski definition) is 5. The monoisotopic (exact) mass is 567 g/mol. The molecular weight excluding hydrogens is 514 g/mol. The average Bonchev–Trinajstić information content (AvgIpc) is 2.92. The Morgan fingerprint density at radius 2 is 0.762 bits per heavy atom. The molecule has 0 unspecified atom stereocenters. The first-order valence-electron chi connectivity index (χ1n) is 15.8. The summed E-state index contributed by atoms with van der Waals surface area (Å²) in [6, 6.07) is 9.30. The summed E-state index contributed by atoms with van der Waals surface area (Å²) >= 11 is 0. The van der Waals surface area contributed by atoms with Crippen molar-refractivity contribution in [1.82, 2.24) is 15.0 Å². The standard InChI is InChI=1S/C37H53N5/c1-20(2)28-15-30(22(5)6)34(31(16-28)23(7)8)40-26(13)36-38-19-39-37(42-36)27(14)41-35-32(24(9)10)17-29(21(3)4)18-33(35)25(11)12/h15-25H,1-14H3/b40-26+,41-27+. The Morgan fingerprint density at radius 3 is 1.00 bits per heavy atom. The van der Waals surface area contributed by atoms with Gasteiger partial charge in [-0.05, 0) is 82.7 Å². The maximum atomic E-state index is 5.18. The summed E-state index contributed by atoms with van der Waals surface area (Å²) in [5, 5.41) is 0. The van der Waals surface area contributed by atoms with Crippen LogP contribution in [-0.4, -0.2) is 26.4 Å². The second kappa shape index (κ2) is 13.8. The molecule has 0 aliphatic rings. The maximum Gasteiger partial charge on any atom is 0.177 e. The molecule has 5 nitrogen and oxygen atoms in total. The first-order valence-corrected chi connectivity index (χ1v) is 15.8. The van der Waals surface area contributed by atoms with Gasteiger partial charge in [0.15, 0.2) is 11.6 Å². The van der Waals surface area contributed by atoms with Crippen molar-refractivity contribution in [2.24, 2.45) is 9.98 Å². The minimum absolute atomic E-state index is 0.350. The van der Waals surface area contributed by atoms with Gasteiger partial charge < -0.3 is 0 Å². The fraction of sp³-hybridized carbons (Fsp3) is 0.541. The van der Waals surface area contributed by atoms with Crippen LogP contribution < -0.4 is 0 Å². The minimum Gasteiger partial charge on any atom is -0.249 e. The molecule has 0 radical (unpaired) electrons. The van der Waals surface area contributed by atoms with Crippen molar-refractivity contribution in [3.05, 3.63) is 75.6 Å². The van der Waals surface area contributed by atoms with Crippen LogP contribution in [0.4, 0.5) is 11.4 Å². The SMILES string of the molecule is C/C(=N\c1c(C(C)C)cc(C(C)C)cc1C(C)C)c1ncnc(/C(C)=N/c2c(C(C)C)cc(C(C)C)cc2C(C)C)n1. The van der Waals surface area contributed by atoms with Crippen LogP contribution in [-0.2, 0) is 0 Å². The van der Waals surface area contributed by atoms with Crippen molar-refractivity contribution < 1.29 is 0 Å². The lowest BCUT2D eigenvalue weighted by Gasteiger charge is -2.21. The molecule has 3 rings (SSSR count). The van der Waals surface area contributed by atoms with E-state index in [4.69, 9.17) is 15.0 Å². The maximum absolute atomic E-state index is 5.18. The molecule has 2 aromatic carbocycles. The van der Waals surface area contributed by atoms with Gasteiger partial charge in [0.05, 0.1) is 22.8 Å². The molecule has 0 N–H and O–H groups in total. The molecule has 1 aromatic heterocycles. The van der Waals surface area contributed by atoms with Gasteiger partial charge in [0.2, 0.25) is 0 Å². The first-order chi connectivity index (χ1) is 19.6. The molecule has 5 heteroatoms. The van der Waals surface area contributed by atoms with E-state index in [2.05, 4.69) is 117 Å². The van der Waals surface area contributed by atoms with Gasteiger partial charge in [-0.3, -0.25) is 0 Å². The van der Waals surface area contributed by atoms with Crippen LogP contribution in [0.1, 0.15) is 177 Å². The van der Waals surface area contributed by atoms with Gasteiger partial charge in [-0.25, -0.2) is 24.9 Å². The molecule has 3 aromatic rings. The molecule has 42 heavy (non-hydrogen) atoms. The van der Waals surface area contributed by atoms with E-state index in [-0.39, 0.29) is 0 Å². The molecule has 0 saturated carbocycles. The number of rotatable bonds is 10. The van der Waals surface area contributed by atoms with E-state index in [1.165, 1.54) is 33.4 Å². The van der Waals surface area contributed by atoms with Crippen molar-refractivity contribution in [1.29, 1.82) is 0 Å². The normalized spacial score (nSPS) is 13.1. The topological polar surface area (TPSA) is 63.4 Å². The van der Waals surface area contributed by atoms with Crippen LogP contribution in [0.15, 0.2) is 40.6 Å². The zero-order chi connectivity index (χ0) is 31.5. The molecule has 0 spiro atoms. The van der Waals surface area contributed by atoms with E-state index in [0.29, 0.717) is 47.2 Å². The van der Waals surface area contributed by atoms with E-state index in [0.717, 1.165) is 22.8 Å². The van der Waals surface area contributed by atoms with Gasteiger partial charge in [0.1, 0.15) is 6.33 Å². The summed E-state index contributed by atoms with van der Waals surface area (Å²) in [5.74, 6) is 3.48. The van der Waals surface area contributed by atoms with Crippen molar-refractivity contribution in [3.63, 3.8) is 0 Å². The van der Waals surface area contributed by atoms with Gasteiger partial charge in [-0.15, -0.1) is 0 Å². The van der Waals surface area contributed by atoms with Crippen LogP contribution in [0.3, 0.4) is 0 Å². The largest absolute Gasteiger partial charge is 0.249 e. The van der Waals surface area contributed by atoms with Crippen LogP contribution in [0.2, 0.25) is 0 Å². The average molecular weight is 568 g/mol. The van der Waals surface area contributed by atoms with Crippen molar-refractivity contribution in [2.75, 3.05) is 0 Å². The lowest BCUT2D eigenvalue weighted by atomic mass is 9.87. The predicted octanol–water partition coefficient (Wildman–Crippen LogP) is 10.9. The second-order valence-electron chi connectivity index (χ2n) is 13.6. The lowest BCUT2D eigenvalue weighted by molar-refractivity contribution is 0.805. The molecule has 0 amide bonds. The van der Waals surface area contributed by atoms with Crippen molar-refractivity contribution in [3.8, 4) is 0 Å². The van der Waals surface area contributed by atoms with Crippen LogP contribution in [0.25, 0.3) is 0 Å². The Kier molecular flexibility index (Phi) is 11.0. The molecule has 0 saturated heterocycles. The zero-order valence-electron chi connectivity index (χ0n) is 28.6. The number of aromatic nitrogens is 3. The highest BCUT2D eigenvalue weighted by Crippen LogP contribution is 2.39. The highest BCUT2D eigenvalue weighted by molar-refractivity contribution is 6.00. The summed E-state index contributed by atoms with van der Waals surface area (Å²) in [6.07, 6.45) is 1.58. The molecule has 0 bridgehead atoms. The summed E-state index contributed by atoms with van der Waals surface area (Å²) < 4.78 is 0. The van der Waals surface area contributed by atoms with E-state index < -0.39 is 0 Å². The number of nitrogens with zero attached hydrogens (tertiary/aromatic N) is 5. The molecule has 1 heterocycles. The lowest BCUT2D eigenvalue weighted by Crippen LogP contribution is -2.11. The van der Waals surface area contributed by atoms with Crippen molar-refractivity contribution in [2.45, 2.75) is 132 Å². The fourth-order valence-electron chi connectivity index (χ4n) is 5.17. The number of aliphatic imine (C=N–C) groups is 2. The molecule has 226 valence electrons. The zero-order valence-corrected chi connectivity index (χ0v) is 28.6. The minimum atomic E-state index is 0.350. The van der Waals surface area contributed by atoms with Gasteiger partial charge in [-0.1, -0.05) is 107 Å². The van der Waals surface area contributed by atoms with E-state index in [1.807, 2.05) is 13.8 Å². The summed E-state index contributed by atoms with van der Waals surface area (Å²) in [5.41, 5.74) is 11.4. The van der Waals surface area contributed by atoms with Gasteiger partial charge in [0, 0.05) is 0 Å². The quantitative estimate of drug-likeness (QED) is 0.229.